The summed E-state index contributed by atoms with van der Waals surface area (Å²) in [5, 5.41) is 2.96. The summed E-state index contributed by atoms with van der Waals surface area (Å²) in [5.41, 5.74) is 3.06. The zero-order valence-electron chi connectivity index (χ0n) is 13.9. The van der Waals surface area contributed by atoms with E-state index in [1.165, 1.54) is 0 Å². The van der Waals surface area contributed by atoms with Crippen molar-refractivity contribution in [3.05, 3.63) is 59.1 Å². The standard InChI is InChI=1S/C19H19NO3S/c1-13-7-8-17(18(9-13)22-3)23-11-15-12-24-19(20-15)14-5-4-6-16(10-14)21-2/h4-10,12H,11H2,1-3H3. The van der Waals surface area contributed by atoms with Gasteiger partial charge in [0, 0.05) is 10.9 Å². The molecule has 0 amide bonds. The molecule has 0 saturated carbocycles. The molecule has 0 bridgehead atoms. The van der Waals surface area contributed by atoms with Crippen molar-refractivity contribution in [1.82, 2.24) is 4.98 Å². The fraction of sp³-hybridized carbons (Fsp3) is 0.211. The van der Waals surface area contributed by atoms with Gasteiger partial charge in [-0.2, -0.15) is 0 Å². The Kier molecular flexibility index (Phi) is 5.01. The second kappa shape index (κ2) is 7.36. The lowest BCUT2D eigenvalue weighted by molar-refractivity contribution is 0.281. The SMILES string of the molecule is COc1cccc(-c2nc(COc3ccc(C)cc3OC)cs2)c1. The molecule has 0 saturated heterocycles. The van der Waals surface area contributed by atoms with Gasteiger partial charge in [0.15, 0.2) is 11.5 Å². The Labute approximate surface area is 145 Å². The number of nitrogens with zero attached hydrogens (tertiary/aromatic N) is 1. The number of hydrogen-bond donors (Lipinski definition) is 0. The van der Waals surface area contributed by atoms with Crippen LogP contribution >= 0.6 is 11.3 Å². The molecule has 0 N–H and O–H groups in total. The van der Waals surface area contributed by atoms with Gasteiger partial charge in [-0.05, 0) is 36.8 Å². The van der Waals surface area contributed by atoms with Crippen LogP contribution in [0.1, 0.15) is 11.3 Å². The van der Waals surface area contributed by atoms with E-state index in [-0.39, 0.29) is 0 Å². The van der Waals surface area contributed by atoms with Crippen molar-refractivity contribution in [1.29, 1.82) is 0 Å². The maximum absolute atomic E-state index is 5.86. The van der Waals surface area contributed by atoms with Gasteiger partial charge < -0.3 is 14.2 Å². The van der Waals surface area contributed by atoms with Crippen LogP contribution in [0.5, 0.6) is 17.2 Å². The highest BCUT2D eigenvalue weighted by Gasteiger charge is 2.09. The number of benzene rings is 2. The van der Waals surface area contributed by atoms with Gasteiger partial charge >= 0.3 is 0 Å². The first-order valence-electron chi connectivity index (χ1n) is 7.56. The van der Waals surface area contributed by atoms with Gasteiger partial charge in [0.25, 0.3) is 0 Å². The van der Waals surface area contributed by atoms with Crippen molar-refractivity contribution >= 4 is 11.3 Å². The van der Waals surface area contributed by atoms with Crippen LogP contribution in [0.4, 0.5) is 0 Å². The quantitative estimate of drug-likeness (QED) is 0.651. The highest BCUT2D eigenvalue weighted by molar-refractivity contribution is 7.13. The van der Waals surface area contributed by atoms with Crippen LogP contribution in [0.3, 0.4) is 0 Å². The van der Waals surface area contributed by atoms with E-state index in [1.807, 2.05) is 54.8 Å². The number of ether oxygens (including phenoxy) is 3. The van der Waals surface area contributed by atoms with Crippen molar-refractivity contribution < 1.29 is 14.2 Å². The van der Waals surface area contributed by atoms with E-state index in [2.05, 4.69) is 4.98 Å². The first kappa shape index (κ1) is 16.3. The van der Waals surface area contributed by atoms with E-state index >= 15 is 0 Å². The summed E-state index contributed by atoms with van der Waals surface area (Å²) < 4.78 is 16.5. The van der Waals surface area contributed by atoms with E-state index in [0.717, 1.165) is 39.1 Å². The van der Waals surface area contributed by atoms with E-state index in [0.29, 0.717) is 6.61 Å². The Morgan fingerprint density at radius 2 is 1.88 bits per heavy atom. The monoisotopic (exact) mass is 341 g/mol. The third kappa shape index (κ3) is 3.68. The van der Waals surface area contributed by atoms with Crippen molar-refractivity contribution in [2.45, 2.75) is 13.5 Å². The zero-order valence-corrected chi connectivity index (χ0v) is 14.7. The Morgan fingerprint density at radius 3 is 2.67 bits per heavy atom. The molecule has 1 aromatic heterocycles. The molecule has 2 aromatic carbocycles. The largest absolute Gasteiger partial charge is 0.497 e. The van der Waals surface area contributed by atoms with Crippen molar-refractivity contribution in [3.63, 3.8) is 0 Å². The second-order valence-corrected chi connectivity index (χ2v) is 6.18. The molecule has 4 nitrogen and oxygen atoms in total. The summed E-state index contributed by atoms with van der Waals surface area (Å²) in [6.07, 6.45) is 0. The zero-order chi connectivity index (χ0) is 16.9. The lowest BCUT2D eigenvalue weighted by atomic mass is 10.2. The lowest BCUT2D eigenvalue weighted by Gasteiger charge is -2.10. The van der Waals surface area contributed by atoms with Crippen LogP contribution in [0, 0.1) is 6.92 Å². The average Bonchev–Trinajstić information content (AvgIpc) is 3.09. The first-order chi connectivity index (χ1) is 11.7. The lowest BCUT2D eigenvalue weighted by Crippen LogP contribution is -1.98. The Bertz CT molecular complexity index is 829. The van der Waals surface area contributed by atoms with Crippen LogP contribution in [-0.4, -0.2) is 19.2 Å². The van der Waals surface area contributed by atoms with Crippen molar-refractivity contribution in [3.8, 4) is 27.8 Å². The molecule has 3 aromatic rings. The summed E-state index contributed by atoms with van der Waals surface area (Å²) in [7, 11) is 3.31. The third-order valence-corrected chi connectivity index (χ3v) is 4.50. The van der Waals surface area contributed by atoms with Crippen LogP contribution < -0.4 is 14.2 Å². The van der Waals surface area contributed by atoms with E-state index in [4.69, 9.17) is 14.2 Å². The van der Waals surface area contributed by atoms with Gasteiger partial charge in [0.05, 0.1) is 19.9 Å². The average molecular weight is 341 g/mol. The number of hydrogen-bond acceptors (Lipinski definition) is 5. The summed E-state index contributed by atoms with van der Waals surface area (Å²) >= 11 is 1.59. The van der Waals surface area contributed by atoms with Gasteiger partial charge in [0.2, 0.25) is 0 Å². The molecule has 0 radical (unpaired) electrons. The highest BCUT2D eigenvalue weighted by Crippen LogP contribution is 2.30. The number of aromatic nitrogens is 1. The number of aryl methyl sites for hydroxylation is 1. The summed E-state index contributed by atoms with van der Waals surface area (Å²) in [6.45, 7) is 2.42. The first-order valence-corrected chi connectivity index (χ1v) is 8.44. The Balaban J connectivity index is 1.72. The predicted octanol–water partition coefficient (Wildman–Crippen LogP) is 4.71. The van der Waals surface area contributed by atoms with Crippen LogP contribution in [0.15, 0.2) is 47.8 Å². The van der Waals surface area contributed by atoms with Gasteiger partial charge in [-0.3, -0.25) is 0 Å². The minimum Gasteiger partial charge on any atom is -0.497 e. The van der Waals surface area contributed by atoms with E-state index < -0.39 is 0 Å². The van der Waals surface area contributed by atoms with Gasteiger partial charge in [0.1, 0.15) is 17.4 Å². The summed E-state index contributed by atoms with van der Waals surface area (Å²) in [4.78, 5) is 4.64. The molecule has 0 aliphatic carbocycles. The Morgan fingerprint density at radius 1 is 1.00 bits per heavy atom. The van der Waals surface area contributed by atoms with Gasteiger partial charge in [-0.1, -0.05) is 18.2 Å². The molecule has 5 heteroatoms. The molecular weight excluding hydrogens is 322 g/mol. The van der Waals surface area contributed by atoms with Crippen LogP contribution in [0.25, 0.3) is 10.6 Å². The number of rotatable bonds is 6. The minimum atomic E-state index is 0.403. The topological polar surface area (TPSA) is 40.6 Å². The normalized spacial score (nSPS) is 10.5. The molecule has 0 fully saturated rings. The molecule has 3 rings (SSSR count). The molecule has 0 aliphatic heterocycles. The van der Waals surface area contributed by atoms with Crippen LogP contribution in [-0.2, 0) is 6.61 Å². The maximum Gasteiger partial charge on any atom is 0.161 e. The molecule has 1 heterocycles. The minimum absolute atomic E-state index is 0.403. The number of methoxy groups -OCH3 is 2. The fourth-order valence-electron chi connectivity index (χ4n) is 2.31. The van der Waals surface area contributed by atoms with E-state index in [1.54, 1.807) is 25.6 Å². The molecule has 0 unspecified atom stereocenters. The predicted molar refractivity (Wildman–Crippen MR) is 96.2 cm³/mol. The van der Waals surface area contributed by atoms with Crippen LogP contribution in [0.2, 0.25) is 0 Å². The summed E-state index contributed by atoms with van der Waals surface area (Å²) in [6, 6.07) is 13.8. The highest BCUT2D eigenvalue weighted by atomic mass is 32.1. The molecule has 0 atom stereocenters. The van der Waals surface area contributed by atoms with Crippen molar-refractivity contribution in [2.75, 3.05) is 14.2 Å². The van der Waals surface area contributed by atoms with Gasteiger partial charge in [-0.25, -0.2) is 4.98 Å². The van der Waals surface area contributed by atoms with Crippen molar-refractivity contribution in [2.24, 2.45) is 0 Å². The smallest absolute Gasteiger partial charge is 0.161 e. The molecule has 24 heavy (non-hydrogen) atoms. The molecular formula is C19H19NO3S. The number of thiazole rings is 1. The van der Waals surface area contributed by atoms with E-state index in [9.17, 15) is 0 Å². The summed E-state index contributed by atoms with van der Waals surface area (Å²) in [5.74, 6) is 2.28. The Hall–Kier alpha value is -2.53. The van der Waals surface area contributed by atoms with Gasteiger partial charge in [-0.15, -0.1) is 11.3 Å². The third-order valence-electron chi connectivity index (χ3n) is 3.56. The molecule has 0 aliphatic rings. The second-order valence-electron chi connectivity index (χ2n) is 5.32. The molecule has 124 valence electrons. The fourth-order valence-corrected chi connectivity index (χ4v) is 3.11. The molecule has 0 spiro atoms. The maximum atomic E-state index is 5.86.